The van der Waals surface area contributed by atoms with Crippen LogP contribution in [0, 0.1) is 0 Å². The van der Waals surface area contributed by atoms with E-state index in [1.54, 1.807) is 0 Å². The van der Waals surface area contributed by atoms with Crippen molar-refractivity contribution in [2.45, 2.75) is 23.8 Å². The number of aromatic nitrogens is 2. The minimum atomic E-state index is -0.0553. The first-order valence-corrected chi connectivity index (χ1v) is 11.5. The molecule has 0 aliphatic heterocycles. The Morgan fingerprint density at radius 2 is 1.77 bits per heavy atom. The molecule has 3 aromatic carbocycles. The van der Waals surface area contributed by atoms with E-state index in [9.17, 15) is 4.79 Å². The third-order valence-corrected chi connectivity index (χ3v) is 6.69. The molecule has 0 saturated heterocycles. The van der Waals surface area contributed by atoms with Gasteiger partial charge in [0.15, 0.2) is 4.34 Å². The fourth-order valence-electron chi connectivity index (χ4n) is 3.08. The lowest BCUT2D eigenvalue weighted by atomic mass is 10.0. The fraction of sp³-hybridized carbons (Fsp3) is 0.174. The summed E-state index contributed by atoms with van der Waals surface area (Å²) in [4.78, 5) is 12.4. The number of rotatable bonds is 8. The number of hydrogen-bond donors (Lipinski definition) is 2. The van der Waals surface area contributed by atoms with Crippen molar-refractivity contribution in [3.63, 3.8) is 0 Å². The number of fused-ring (bicyclic) bond motifs is 1. The normalized spacial score (nSPS) is 11.9. The summed E-state index contributed by atoms with van der Waals surface area (Å²) in [6, 6.07) is 24.6. The van der Waals surface area contributed by atoms with Gasteiger partial charge in [-0.25, -0.2) is 0 Å². The van der Waals surface area contributed by atoms with Gasteiger partial charge >= 0.3 is 0 Å². The van der Waals surface area contributed by atoms with Crippen LogP contribution in [0.25, 0.3) is 10.8 Å². The maximum atomic E-state index is 12.4. The Balaban J connectivity index is 1.26. The van der Waals surface area contributed by atoms with E-state index >= 15 is 0 Å². The van der Waals surface area contributed by atoms with Crippen LogP contribution in [-0.4, -0.2) is 21.9 Å². The fourth-order valence-corrected chi connectivity index (χ4v) is 4.64. The first kappa shape index (κ1) is 20.4. The smallest absolute Gasteiger partial charge is 0.230 e. The zero-order chi connectivity index (χ0) is 20.8. The molecule has 4 rings (SSSR count). The van der Waals surface area contributed by atoms with Gasteiger partial charge in [-0.3, -0.25) is 4.79 Å². The quantitative estimate of drug-likeness (QED) is 0.370. The average molecular weight is 435 g/mol. The maximum Gasteiger partial charge on any atom is 0.230 e. The summed E-state index contributed by atoms with van der Waals surface area (Å²) >= 11 is 2.86. The number of carbonyl (C=O) groups is 1. The summed E-state index contributed by atoms with van der Waals surface area (Å²) in [6.07, 6.45) is 0. The van der Waals surface area contributed by atoms with Crippen LogP contribution >= 0.6 is 23.1 Å². The number of nitrogens with zero attached hydrogens (tertiary/aromatic N) is 2. The third-order valence-electron chi connectivity index (χ3n) is 4.67. The maximum absolute atomic E-state index is 12.4. The molecule has 0 spiro atoms. The minimum Gasteiger partial charge on any atom is -0.356 e. The second-order valence-electron chi connectivity index (χ2n) is 6.90. The summed E-state index contributed by atoms with van der Waals surface area (Å²) in [5, 5.41) is 17.8. The Kier molecular flexibility index (Phi) is 6.61. The highest BCUT2D eigenvalue weighted by Gasteiger charge is 2.12. The van der Waals surface area contributed by atoms with E-state index in [0.29, 0.717) is 12.3 Å². The van der Waals surface area contributed by atoms with Crippen LogP contribution in [0.5, 0.6) is 0 Å². The molecule has 0 radical (unpaired) electrons. The molecule has 4 aromatic rings. The lowest BCUT2D eigenvalue weighted by Gasteiger charge is -2.14. The number of hydrogen-bond acceptors (Lipinski definition) is 6. The predicted octanol–water partition coefficient (Wildman–Crippen LogP) is 5.27. The van der Waals surface area contributed by atoms with E-state index in [-0.39, 0.29) is 11.9 Å². The van der Waals surface area contributed by atoms with Gasteiger partial charge in [0.1, 0.15) is 0 Å². The highest BCUT2D eigenvalue weighted by atomic mass is 32.2. The van der Waals surface area contributed by atoms with Gasteiger partial charge in [-0.05, 0) is 34.9 Å². The number of anilines is 1. The second kappa shape index (κ2) is 9.73. The molecule has 1 atom stereocenters. The Labute approximate surface area is 183 Å². The van der Waals surface area contributed by atoms with Crippen molar-refractivity contribution in [2.24, 2.45) is 0 Å². The minimum absolute atomic E-state index is 0.0188. The van der Waals surface area contributed by atoms with E-state index in [1.807, 2.05) is 37.3 Å². The summed E-state index contributed by atoms with van der Waals surface area (Å²) < 4.78 is 0.777. The molecule has 152 valence electrons. The molecule has 0 saturated carbocycles. The molecule has 1 amide bonds. The monoisotopic (exact) mass is 434 g/mol. The van der Waals surface area contributed by atoms with Crippen molar-refractivity contribution < 1.29 is 4.79 Å². The highest BCUT2D eigenvalue weighted by Crippen LogP contribution is 2.26. The summed E-state index contributed by atoms with van der Waals surface area (Å²) in [5.74, 6) is 0.292. The number of amides is 1. The molecule has 0 aliphatic carbocycles. The summed E-state index contributed by atoms with van der Waals surface area (Å²) in [7, 11) is 0. The molecule has 0 aliphatic rings. The van der Waals surface area contributed by atoms with Gasteiger partial charge < -0.3 is 10.6 Å². The number of carbonyl (C=O) groups excluding carboxylic acids is 1. The van der Waals surface area contributed by atoms with Crippen LogP contribution < -0.4 is 10.6 Å². The van der Waals surface area contributed by atoms with E-state index in [0.717, 1.165) is 15.0 Å². The van der Waals surface area contributed by atoms with Crippen LogP contribution in [0.1, 0.15) is 24.1 Å². The van der Waals surface area contributed by atoms with Gasteiger partial charge in [0.25, 0.3) is 0 Å². The molecular weight excluding hydrogens is 412 g/mol. The number of thioether (sulfide) groups is 1. The SMILES string of the molecule is CC(NC(=O)CSc1nnc(NCc2ccccc2)s1)c1ccc2ccccc2c1. The standard InChI is InChI=1S/C23H22N4OS2/c1-16(19-12-11-18-9-5-6-10-20(18)13-19)25-21(28)15-29-23-27-26-22(30-23)24-14-17-7-3-2-4-8-17/h2-13,16H,14-15H2,1H3,(H,24,26)(H,25,28). The Hall–Kier alpha value is -2.90. The Bertz CT molecular complexity index is 1130. The predicted molar refractivity (Wildman–Crippen MR) is 125 cm³/mol. The van der Waals surface area contributed by atoms with E-state index < -0.39 is 0 Å². The Morgan fingerprint density at radius 3 is 2.60 bits per heavy atom. The van der Waals surface area contributed by atoms with Gasteiger partial charge in [-0.1, -0.05) is 89.8 Å². The first-order valence-electron chi connectivity index (χ1n) is 9.69. The summed E-state index contributed by atoms with van der Waals surface area (Å²) in [5.41, 5.74) is 2.28. The number of benzene rings is 3. The highest BCUT2D eigenvalue weighted by molar-refractivity contribution is 8.01. The van der Waals surface area contributed by atoms with Crippen molar-refractivity contribution in [2.75, 3.05) is 11.1 Å². The van der Waals surface area contributed by atoms with Crippen LogP contribution in [0.4, 0.5) is 5.13 Å². The van der Waals surface area contributed by atoms with Crippen LogP contribution in [0.3, 0.4) is 0 Å². The molecule has 2 N–H and O–H groups in total. The molecule has 1 unspecified atom stereocenters. The third kappa shape index (κ3) is 5.37. The van der Waals surface area contributed by atoms with Crippen LogP contribution in [0.15, 0.2) is 77.1 Å². The van der Waals surface area contributed by atoms with Gasteiger partial charge in [0.05, 0.1) is 11.8 Å². The van der Waals surface area contributed by atoms with Gasteiger partial charge in [0, 0.05) is 6.54 Å². The van der Waals surface area contributed by atoms with E-state index in [4.69, 9.17) is 0 Å². The molecule has 7 heteroatoms. The zero-order valence-electron chi connectivity index (χ0n) is 16.5. The molecule has 1 heterocycles. The molecule has 30 heavy (non-hydrogen) atoms. The second-order valence-corrected chi connectivity index (χ2v) is 9.10. The first-order chi connectivity index (χ1) is 14.7. The van der Waals surface area contributed by atoms with Gasteiger partial charge in [0.2, 0.25) is 11.0 Å². The Morgan fingerprint density at radius 1 is 1.00 bits per heavy atom. The van der Waals surface area contributed by atoms with Crippen LogP contribution in [-0.2, 0) is 11.3 Å². The topological polar surface area (TPSA) is 66.9 Å². The van der Waals surface area contributed by atoms with Crippen molar-refractivity contribution in [1.82, 2.24) is 15.5 Å². The molecule has 1 aromatic heterocycles. The molecule has 0 bridgehead atoms. The van der Waals surface area contributed by atoms with E-state index in [2.05, 4.69) is 63.3 Å². The zero-order valence-corrected chi connectivity index (χ0v) is 18.2. The van der Waals surface area contributed by atoms with E-state index in [1.165, 1.54) is 39.4 Å². The molecule has 0 fully saturated rings. The van der Waals surface area contributed by atoms with Crippen LogP contribution in [0.2, 0.25) is 0 Å². The largest absolute Gasteiger partial charge is 0.356 e. The van der Waals surface area contributed by atoms with Crippen molar-refractivity contribution in [3.8, 4) is 0 Å². The van der Waals surface area contributed by atoms with Crippen molar-refractivity contribution in [3.05, 3.63) is 83.9 Å². The molecular formula is C23H22N4OS2. The van der Waals surface area contributed by atoms with Gasteiger partial charge in [-0.2, -0.15) is 0 Å². The average Bonchev–Trinajstić information content (AvgIpc) is 3.24. The van der Waals surface area contributed by atoms with Gasteiger partial charge in [-0.15, -0.1) is 10.2 Å². The lowest BCUT2D eigenvalue weighted by Crippen LogP contribution is -2.28. The van der Waals surface area contributed by atoms with Crippen molar-refractivity contribution in [1.29, 1.82) is 0 Å². The summed E-state index contributed by atoms with van der Waals surface area (Å²) in [6.45, 7) is 2.70. The molecule has 5 nitrogen and oxygen atoms in total. The van der Waals surface area contributed by atoms with Crippen molar-refractivity contribution >= 4 is 44.9 Å². The lowest BCUT2D eigenvalue weighted by molar-refractivity contribution is -0.119. The number of nitrogens with one attached hydrogen (secondary N) is 2.